The van der Waals surface area contributed by atoms with E-state index >= 15 is 0 Å². The van der Waals surface area contributed by atoms with Crippen molar-refractivity contribution in [3.05, 3.63) is 23.8 Å². The third-order valence-electron chi connectivity index (χ3n) is 3.75. The van der Waals surface area contributed by atoms with Crippen LogP contribution in [0, 0.1) is 11.3 Å². The van der Waals surface area contributed by atoms with Gasteiger partial charge in [-0.1, -0.05) is 0 Å². The first kappa shape index (κ1) is 12.7. The molecule has 0 aliphatic carbocycles. The molecule has 0 radical (unpaired) electrons. The molecule has 0 amide bonds. The maximum atomic E-state index is 8.99. The highest BCUT2D eigenvalue weighted by molar-refractivity contribution is 5.62. The van der Waals surface area contributed by atoms with Crippen molar-refractivity contribution >= 4 is 11.4 Å². The molecule has 18 heavy (non-hydrogen) atoms. The van der Waals surface area contributed by atoms with Crippen molar-refractivity contribution < 1.29 is 0 Å². The number of likely N-dealkylation sites (N-methyl/N-ethyl adjacent to an activating group) is 2. The van der Waals surface area contributed by atoms with Crippen LogP contribution in [0.25, 0.3) is 0 Å². The Morgan fingerprint density at radius 3 is 2.94 bits per heavy atom. The van der Waals surface area contributed by atoms with Gasteiger partial charge in [-0.3, -0.25) is 0 Å². The molecular weight excluding hydrogens is 224 g/mol. The van der Waals surface area contributed by atoms with Gasteiger partial charge in [0.15, 0.2) is 0 Å². The summed E-state index contributed by atoms with van der Waals surface area (Å²) in [4.78, 5) is 4.60. The summed E-state index contributed by atoms with van der Waals surface area (Å²) < 4.78 is 0. The fourth-order valence-corrected chi connectivity index (χ4v) is 2.51. The number of anilines is 2. The maximum Gasteiger partial charge on any atom is 0.101 e. The molecule has 2 N–H and O–H groups in total. The summed E-state index contributed by atoms with van der Waals surface area (Å²) in [6.07, 6.45) is 2.53. The van der Waals surface area contributed by atoms with E-state index in [1.807, 2.05) is 18.2 Å². The van der Waals surface area contributed by atoms with Crippen molar-refractivity contribution in [3.8, 4) is 6.07 Å². The fourth-order valence-electron chi connectivity index (χ4n) is 2.51. The molecule has 1 fully saturated rings. The Labute approximate surface area is 109 Å². The molecule has 0 aromatic heterocycles. The average molecular weight is 244 g/mol. The van der Waals surface area contributed by atoms with Gasteiger partial charge in [-0.15, -0.1) is 0 Å². The minimum atomic E-state index is 0.549. The Kier molecular flexibility index (Phi) is 3.73. The van der Waals surface area contributed by atoms with Gasteiger partial charge in [-0.2, -0.15) is 5.26 Å². The van der Waals surface area contributed by atoms with Gasteiger partial charge >= 0.3 is 0 Å². The Morgan fingerprint density at radius 1 is 1.56 bits per heavy atom. The van der Waals surface area contributed by atoms with Crippen LogP contribution in [-0.4, -0.2) is 38.1 Å². The monoisotopic (exact) mass is 244 g/mol. The van der Waals surface area contributed by atoms with E-state index in [4.69, 9.17) is 11.0 Å². The van der Waals surface area contributed by atoms with Crippen molar-refractivity contribution in [1.82, 2.24) is 4.90 Å². The highest BCUT2D eigenvalue weighted by Crippen LogP contribution is 2.22. The minimum Gasteiger partial charge on any atom is -0.398 e. The van der Waals surface area contributed by atoms with E-state index in [-0.39, 0.29) is 0 Å². The molecule has 2 rings (SSSR count). The van der Waals surface area contributed by atoms with Crippen LogP contribution in [0.3, 0.4) is 0 Å². The zero-order valence-electron chi connectivity index (χ0n) is 11.1. The lowest BCUT2D eigenvalue weighted by atomic mass is 10.1. The Morgan fingerprint density at radius 2 is 2.33 bits per heavy atom. The van der Waals surface area contributed by atoms with Crippen LogP contribution in [0.5, 0.6) is 0 Å². The van der Waals surface area contributed by atoms with E-state index in [9.17, 15) is 0 Å². The lowest BCUT2D eigenvalue weighted by Crippen LogP contribution is -2.36. The number of hydrogen-bond donors (Lipinski definition) is 1. The fraction of sp³-hybridized carbons (Fsp3) is 0.500. The maximum absolute atomic E-state index is 8.99. The molecule has 1 aromatic carbocycles. The predicted octanol–water partition coefficient (Wildman–Crippen LogP) is 1.67. The van der Waals surface area contributed by atoms with Crippen LogP contribution in [0.2, 0.25) is 0 Å². The SMILES string of the molecule is CN(CC1CCCN1C)c1ccc(N)c(C#N)c1. The summed E-state index contributed by atoms with van der Waals surface area (Å²) in [6.45, 7) is 2.18. The zero-order chi connectivity index (χ0) is 13.1. The first-order valence-corrected chi connectivity index (χ1v) is 6.33. The lowest BCUT2D eigenvalue weighted by Gasteiger charge is -2.27. The second-order valence-electron chi connectivity index (χ2n) is 5.04. The summed E-state index contributed by atoms with van der Waals surface area (Å²) in [5.74, 6) is 0. The minimum absolute atomic E-state index is 0.549. The molecule has 0 bridgehead atoms. The molecular formula is C14H20N4. The van der Waals surface area contributed by atoms with Crippen LogP contribution < -0.4 is 10.6 Å². The number of hydrogen-bond acceptors (Lipinski definition) is 4. The number of nitrogens with two attached hydrogens (primary N) is 1. The number of nitriles is 1. The van der Waals surface area contributed by atoms with E-state index in [1.54, 1.807) is 0 Å². The summed E-state index contributed by atoms with van der Waals surface area (Å²) in [5.41, 5.74) is 7.90. The third-order valence-corrected chi connectivity index (χ3v) is 3.75. The lowest BCUT2D eigenvalue weighted by molar-refractivity contribution is 0.314. The molecule has 1 atom stereocenters. The number of rotatable bonds is 3. The first-order valence-electron chi connectivity index (χ1n) is 6.33. The average Bonchev–Trinajstić information content (AvgIpc) is 2.75. The van der Waals surface area contributed by atoms with Gasteiger partial charge in [-0.05, 0) is 44.6 Å². The molecule has 1 aromatic rings. The number of nitrogens with zero attached hydrogens (tertiary/aromatic N) is 3. The Bertz CT molecular complexity index is 463. The van der Waals surface area contributed by atoms with E-state index in [2.05, 4.69) is 30.0 Å². The van der Waals surface area contributed by atoms with Gasteiger partial charge in [0, 0.05) is 31.0 Å². The summed E-state index contributed by atoms with van der Waals surface area (Å²) in [7, 11) is 4.24. The van der Waals surface area contributed by atoms with Crippen LogP contribution in [-0.2, 0) is 0 Å². The van der Waals surface area contributed by atoms with E-state index in [1.165, 1.54) is 19.4 Å². The summed E-state index contributed by atoms with van der Waals surface area (Å²) in [5, 5.41) is 8.99. The molecule has 1 heterocycles. The molecule has 4 heteroatoms. The zero-order valence-corrected chi connectivity index (χ0v) is 11.1. The van der Waals surface area contributed by atoms with Gasteiger partial charge in [0.05, 0.1) is 5.56 Å². The van der Waals surface area contributed by atoms with Gasteiger partial charge < -0.3 is 15.5 Å². The van der Waals surface area contributed by atoms with Crippen molar-refractivity contribution in [2.24, 2.45) is 0 Å². The molecule has 0 spiro atoms. The van der Waals surface area contributed by atoms with Crippen LogP contribution >= 0.6 is 0 Å². The molecule has 1 unspecified atom stereocenters. The van der Waals surface area contributed by atoms with Crippen LogP contribution in [0.15, 0.2) is 18.2 Å². The standard InChI is InChI=1S/C14H20N4/c1-17-7-3-4-13(17)10-18(2)12-5-6-14(16)11(8-12)9-15/h5-6,8,13H,3-4,7,10,16H2,1-2H3. The largest absolute Gasteiger partial charge is 0.398 e. The first-order chi connectivity index (χ1) is 8.61. The van der Waals surface area contributed by atoms with Gasteiger partial charge in [0.2, 0.25) is 0 Å². The molecule has 1 aliphatic heterocycles. The third kappa shape index (κ3) is 2.57. The van der Waals surface area contributed by atoms with Crippen LogP contribution in [0.4, 0.5) is 11.4 Å². The number of benzene rings is 1. The highest BCUT2D eigenvalue weighted by Gasteiger charge is 2.22. The van der Waals surface area contributed by atoms with Gasteiger partial charge in [-0.25, -0.2) is 0 Å². The molecule has 1 saturated heterocycles. The topological polar surface area (TPSA) is 56.3 Å². The van der Waals surface area contributed by atoms with Crippen molar-refractivity contribution in [2.75, 3.05) is 37.8 Å². The molecule has 0 saturated carbocycles. The quantitative estimate of drug-likeness (QED) is 0.822. The van der Waals surface area contributed by atoms with E-state index in [0.29, 0.717) is 17.3 Å². The Hall–Kier alpha value is -1.73. The second-order valence-corrected chi connectivity index (χ2v) is 5.04. The van der Waals surface area contributed by atoms with Crippen molar-refractivity contribution in [2.45, 2.75) is 18.9 Å². The summed E-state index contributed by atoms with van der Waals surface area (Å²) >= 11 is 0. The van der Waals surface area contributed by atoms with E-state index < -0.39 is 0 Å². The van der Waals surface area contributed by atoms with Crippen molar-refractivity contribution in [1.29, 1.82) is 5.26 Å². The normalized spacial score (nSPS) is 19.7. The molecule has 96 valence electrons. The number of nitrogen functional groups attached to an aromatic ring is 1. The number of likely N-dealkylation sites (tertiary alicyclic amines) is 1. The second kappa shape index (κ2) is 5.28. The van der Waals surface area contributed by atoms with Gasteiger partial charge in [0.1, 0.15) is 6.07 Å². The Balaban J connectivity index is 2.09. The highest BCUT2D eigenvalue weighted by atomic mass is 15.2. The smallest absolute Gasteiger partial charge is 0.101 e. The molecule has 1 aliphatic rings. The van der Waals surface area contributed by atoms with Gasteiger partial charge in [0.25, 0.3) is 0 Å². The summed E-state index contributed by atoms with van der Waals surface area (Å²) in [6, 6.07) is 8.39. The predicted molar refractivity (Wildman–Crippen MR) is 74.5 cm³/mol. The molecule has 4 nitrogen and oxygen atoms in total. The van der Waals surface area contributed by atoms with Crippen LogP contribution in [0.1, 0.15) is 18.4 Å². The van der Waals surface area contributed by atoms with E-state index in [0.717, 1.165) is 12.2 Å². The van der Waals surface area contributed by atoms with Crippen molar-refractivity contribution in [3.63, 3.8) is 0 Å².